The van der Waals surface area contributed by atoms with Crippen molar-refractivity contribution >= 4 is 11.7 Å². The van der Waals surface area contributed by atoms with E-state index in [1.807, 2.05) is 39.8 Å². The van der Waals surface area contributed by atoms with Gasteiger partial charge in [0, 0.05) is 12.1 Å². The van der Waals surface area contributed by atoms with Gasteiger partial charge in [0.15, 0.2) is 0 Å². The van der Waals surface area contributed by atoms with Crippen molar-refractivity contribution in [1.29, 1.82) is 0 Å². The number of nitrogens with zero attached hydrogens (tertiary/aromatic N) is 2. The summed E-state index contributed by atoms with van der Waals surface area (Å²) in [4.78, 5) is 14.7. The highest BCUT2D eigenvalue weighted by atomic mass is 16.5. The van der Waals surface area contributed by atoms with Crippen molar-refractivity contribution in [3.63, 3.8) is 0 Å². The first-order chi connectivity index (χ1) is 9.01. The Bertz CT molecular complexity index is 425. The topological polar surface area (TPSA) is 63.1 Å². The van der Waals surface area contributed by atoms with Crippen LogP contribution in [0.5, 0.6) is 0 Å². The zero-order valence-electron chi connectivity index (χ0n) is 11.9. The molecule has 0 radical (unpaired) electrons. The molecule has 0 saturated heterocycles. The monoisotopic (exact) mass is 263 g/mol. The van der Waals surface area contributed by atoms with E-state index in [1.165, 1.54) is 0 Å². The molecule has 0 fully saturated rings. The second-order valence-electron chi connectivity index (χ2n) is 4.87. The molecule has 0 amide bonds. The number of rotatable bonds is 5. The molecule has 0 heterocycles. The number of nitroso groups, excluding NO2 is 1. The molecule has 5 heteroatoms. The van der Waals surface area contributed by atoms with E-state index in [-0.39, 0.29) is 12.1 Å². The summed E-state index contributed by atoms with van der Waals surface area (Å²) in [5, 5.41) is 6.02. The van der Waals surface area contributed by atoms with E-state index in [0.717, 1.165) is 5.56 Å². The maximum atomic E-state index is 10.3. The van der Waals surface area contributed by atoms with Gasteiger partial charge >= 0.3 is 0 Å². The Kier molecular flexibility index (Phi) is 5.99. The molecule has 5 nitrogen and oxygen atoms in total. The van der Waals surface area contributed by atoms with Crippen LogP contribution in [0.1, 0.15) is 33.3 Å². The van der Waals surface area contributed by atoms with Crippen LogP contribution in [-0.4, -0.2) is 18.1 Å². The van der Waals surface area contributed by atoms with Gasteiger partial charge in [-0.2, -0.15) is 0 Å². The van der Waals surface area contributed by atoms with Crippen LogP contribution < -0.4 is 5.32 Å². The molecule has 0 aliphatic rings. The molecule has 1 aromatic carbocycles. The molecule has 0 atom stereocenters. The Balaban J connectivity index is 2.62. The smallest absolute Gasteiger partial charge is 0.285 e. The van der Waals surface area contributed by atoms with Gasteiger partial charge in [-0.25, -0.2) is 4.99 Å². The Morgan fingerprint density at radius 2 is 1.84 bits per heavy atom. The van der Waals surface area contributed by atoms with Crippen LogP contribution in [0.25, 0.3) is 0 Å². The summed E-state index contributed by atoms with van der Waals surface area (Å²) in [7, 11) is 0. The van der Waals surface area contributed by atoms with Crippen LogP contribution in [0.15, 0.2) is 34.4 Å². The molecule has 0 bridgehead atoms. The second kappa shape index (κ2) is 7.51. The average molecular weight is 263 g/mol. The number of aliphatic imine (C=N–C) groups is 1. The molecule has 104 valence electrons. The van der Waals surface area contributed by atoms with Crippen LogP contribution in [-0.2, 0) is 11.3 Å². The number of ether oxygens (including phenoxy) is 1. The second-order valence-corrected chi connectivity index (χ2v) is 4.87. The fraction of sp³-hybridized carbons (Fsp3) is 0.500. The summed E-state index contributed by atoms with van der Waals surface area (Å²) in [6.07, 6.45) is 0. The molecule has 19 heavy (non-hydrogen) atoms. The quantitative estimate of drug-likeness (QED) is 0.503. The van der Waals surface area contributed by atoms with E-state index in [1.54, 1.807) is 12.1 Å². The zero-order chi connectivity index (χ0) is 14.3. The van der Waals surface area contributed by atoms with E-state index < -0.39 is 0 Å². The number of hydrogen-bond donors (Lipinski definition) is 1. The van der Waals surface area contributed by atoms with Gasteiger partial charge in [-0.15, -0.1) is 4.91 Å². The van der Waals surface area contributed by atoms with Crippen molar-refractivity contribution < 1.29 is 4.74 Å². The molecule has 0 spiro atoms. The molecule has 1 rings (SSSR count). The SMILES string of the molecule is CC(C)N=C(NC(C)C)OCc1ccc(N=O)cc1. The lowest BCUT2D eigenvalue weighted by atomic mass is 10.2. The molecular formula is C14H21N3O2. The number of amidine groups is 1. The lowest BCUT2D eigenvalue weighted by Crippen LogP contribution is -2.33. The van der Waals surface area contributed by atoms with E-state index in [2.05, 4.69) is 15.5 Å². The Morgan fingerprint density at radius 3 is 2.32 bits per heavy atom. The summed E-state index contributed by atoms with van der Waals surface area (Å²) < 4.78 is 5.65. The van der Waals surface area contributed by atoms with Crippen molar-refractivity contribution in [2.75, 3.05) is 0 Å². The van der Waals surface area contributed by atoms with Gasteiger partial charge in [-0.3, -0.25) is 0 Å². The Labute approximate surface area is 114 Å². The molecule has 0 aliphatic heterocycles. The highest BCUT2D eigenvalue weighted by Crippen LogP contribution is 2.12. The Hall–Kier alpha value is -1.91. The van der Waals surface area contributed by atoms with Crippen LogP contribution in [0.3, 0.4) is 0 Å². The third-order valence-electron chi connectivity index (χ3n) is 2.20. The van der Waals surface area contributed by atoms with Gasteiger partial charge in [-0.1, -0.05) is 12.1 Å². The molecule has 0 aromatic heterocycles. The summed E-state index contributed by atoms with van der Waals surface area (Å²) in [6, 6.07) is 7.95. The predicted octanol–water partition coefficient (Wildman–Crippen LogP) is 3.36. The first-order valence-electron chi connectivity index (χ1n) is 6.40. The van der Waals surface area contributed by atoms with Gasteiger partial charge < -0.3 is 10.1 Å². The zero-order valence-corrected chi connectivity index (χ0v) is 11.9. The van der Waals surface area contributed by atoms with Crippen molar-refractivity contribution in [3.05, 3.63) is 34.7 Å². The van der Waals surface area contributed by atoms with Crippen molar-refractivity contribution in [3.8, 4) is 0 Å². The molecule has 0 saturated carbocycles. The van der Waals surface area contributed by atoms with Crippen molar-refractivity contribution in [1.82, 2.24) is 5.32 Å². The van der Waals surface area contributed by atoms with Crippen LogP contribution in [0.4, 0.5) is 5.69 Å². The molecule has 0 aliphatic carbocycles. The first kappa shape index (κ1) is 15.1. The highest BCUT2D eigenvalue weighted by Gasteiger charge is 2.04. The van der Waals surface area contributed by atoms with Crippen LogP contribution >= 0.6 is 0 Å². The summed E-state index contributed by atoms with van der Waals surface area (Å²) >= 11 is 0. The summed E-state index contributed by atoms with van der Waals surface area (Å²) in [5.74, 6) is 0. The largest absolute Gasteiger partial charge is 0.460 e. The lowest BCUT2D eigenvalue weighted by molar-refractivity contribution is 0.271. The first-order valence-corrected chi connectivity index (χ1v) is 6.40. The van der Waals surface area contributed by atoms with Gasteiger partial charge in [0.05, 0.1) is 0 Å². The molecular weight excluding hydrogens is 242 g/mol. The maximum Gasteiger partial charge on any atom is 0.285 e. The van der Waals surface area contributed by atoms with Crippen LogP contribution in [0.2, 0.25) is 0 Å². The van der Waals surface area contributed by atoms with E-state index >= 15 is 0 Å². The normalized spacial score (nSPS) is 11.8. The van der Waals surface area contributed by atoms with Gasteiger partial charge in [-0.05, 0) is 50.6 Å². The number of hydrogen-bond acceptors (Lipinski definition) is 4. The highest BCUT2D eigenvalue weighted by molar-refractivity contribution is 5.74. The van der Waals surface area contributed by atoms with Crippen molar-refractivity contribution in [2.24, 2.45) is 10.2 Å². The van der Waals surface area contributed by atoms with E-state index in [0.29, 0.717) is 18.3 Å². The van der Waals surface area contributed by atoms with Gasteiger partial charge in [0.25, 0.3) is 6.02 Å². The van der Waals surface area contributed by atoms with E-state index in [9.17, 15) is 4.91 Å². The molecule has 1 aromatic rings. The lowest BCUT2D eigenvalue weighted by Gasteiger charge is -2.15. The fourth-order valence-corrected chi connectivity index (χ4v) is 1.40. The maximum absolute atomic E-state index is 10.3. The Morgan fingerprint density at radius 1 is 1.21 bits per heavy atom. The average Bonchev–Trinajstić information content (AvgIpc) is 2.35. The van der Waals surface area contributed by atoms with Gasteiger partial charge in [0.2, 0.25) is 0 Å². The molecule has 1 N–H and O–H groups in total. The standard InChI is InChI=1S/C14H21N3O2/c1-10(2)15-14(16-11(3)4)19-9-12-5-7-13(17-18)8-6-12/h5-8,10-11H,9H2,1-4H3,(H,15,16). The summed E-state index contributed by atoms with van der Waals surface area (Å²) in [6.45, 7) is 8.46. The number of nitrogens with one attached hydrogen (secondary N) is 1. The minimum Gasteiger partial charge on any atom is -0.460 e. The van der Waals surface area contributed by atoms with Crippen LogP contribution in [0, 0.1) is 4.91 Å². The van der Waals surface area contributed by atoms with Gasteiger partial charge in [0.1, 0.15) is 12.3 Å². The number of benzene rings is 1. The third kappa shape index (κ3) is 5.99. The third-order valence-corrected chi connectivity index (χ3v) is 2.20. The summed E-state index contributed by atoms with van der Waals surface area (Å²) in [5.41, 5.74) is 1.38. The minimum atomic E-state index is 0.169. The predicted molar refractivity (Wildman–Crippen MR) is 77.5 cm³/mol. The van der Waals surface area contributed by atoms with Crippen molar-refractivity contribution in [2.45, 2.75) is 46.4 Å². The van der Waals surface area contributed by atoms with E-state index in [4.69, 9.17) is 4.74 Å². The fourth-order valence-electron chi connectivity index (χ4n) is 1.40. The molecule has 0 unspecified atom stereocenters. The minimum absolute atomic E-state index is 0.169.